The molecule has 1 fully saturated rings. The van der Waals surface area contributed by atoms with Crippen LogP contribution in [0.3, 0.4) is 0 Å². The van der Waals surface area contributed by atoms with Gasteiger partial charge in [0.1, 0.15) is 0 Å². The molecule has 2 aromatic heterocycles. The van der Waals surface area contributed by atoms with Gasteiger partial charge in [0.05, 0.1) is 32.8 Å². The zero-order valence-corrected chi connectivity index (χ0v) is 16.5. The van der Waals surface area contributed by atoms with Crippen molar-refractivity contribution in [1.82, 2.24) is 9.47 Å². The van der Waals surface area contributed by atoms with Crippen molar-refractivity contribution in [2.45, 2.75) is 18.5 Å². The summed E-state index contributed by atoms with van der Waals surface area (Å²) >= 11 is 0. The van der Waals surface area contributed by atoms with Crippen LogP contribution in [-0.2, 0) is 32.7 Å². The molecule has 1 aliphatic carbocycles. The summed E-state index contributed by atoms with van der Waals surface area (Å²) in [4.78, 5) is 28.7. The molecule has 0 N–H and O–H groups in total. The van der Waals surface area contributed by atoms with E-state index in [1.54, 1.807) is 12.5 Å². The molecule has 0 spiro atoms. The summed E-state index contributed by atoms with van der Waals surface area (Å²) < 4.78 is 17.7. The van der Waals surface area contributed by atoms with E-state index in [9.17, 15) is 9.59 Å². The van der Waals surface area contributed by atoms with E-state index in [0.29, 0.717) is 13.1 Å². The van der Waals surface area contributed by atoms with Crippen LogP contribution in [0.1, 0.15) is 28.7 Å². The van der Waals surface area contributed by atoms with Crippen molar-refractivity contribution in [3.05, 3.63) is 59.7 Å². The fourth-order valence-corrected chi connectivity index (χ4v) is 5.46. The van der Waals surface area contributed by atoms with Crippen molar-refractivity contribution in [3.8, 4) is 0 Å². The van der Waals surface area contributed by atoms with Gasteiger partial charge in [-0.15, -0.1) is 0 Å². The number of aryl methyl sites for hydroxylation is 1. The van der Waals surface area contributed by atoms with Crippen LogP contribution in [0.5, 0.6) is 0 Å². The van der Waals surface area contributed by atoms with E-state index in [4.69, 9.17) is 13.9 Å². The van der Waals surface area contributed by atoms with E-state index >= 15 is 0 Å². The number of nitrogens with zero attached hydrogens (tertiary/aromatic N) is 2. The molecular formula is C22H22N2O5. The minimum atomic E-state index is -1.45. The number of hydrogen-bond acceptors (Lipinski definition) is 6. The summed E-state index contributed by atoms with van der Waals surface area (Å²) in [6.07, 6.45) is 5.33. The predicted molar refractivity (Wildman–Crippen MR) is 104 cm³/mol. The Bertz CT molecular complexity index is 1100. The monoisotopic (exact) mass is 394 g/mol. The Hall–Kier alpha value is -3.06. The molecule has 29 heavy (non-hydrogen) atoms. The maximum Gasteiger partial charge on any atom is 0.325 e. The molecular weight excluding hydrogens is 372 g/mol. The highest BCUT2D eigenvalue weighted by atomic mass is 16.5. The first-order chi connectivity index (χ1) is 14.0. The number of rotatable bonds is 4. The topological polar surface area (TPSA) is 73.9 Å². The molecule has 3 aromatic rings. The smallest absolute Gasteiger partial charge is 0.325 e. The standard InChI is InChI=1S/C22H22N2O5/c1-23-10-15-18-14(5-4-6-17(18)23)16-11-24(9-13-7-8-29-12-13)19(15)22(16,20(25)27-2)21(26)28-3/h4-8,10,12,16,19H,9,11H2,1-3H3. The number of fused-ring (bicyclic) bond motifs is 4. The molecule has 0 radical (unpaired) electrons. The van der Waals surface area contributed by atoms with Crippen LogP contribution in [0.2, 0.25) is 0 Å². The Kier molecular flexibility index (Phi) is 3.86. The third-order valence-electron chi connectivity index (χ3n) is 6.52. The zero-order chi connectivity index (χ0) is 20.3. The number of benzene rings is 1. The molecule has 2 unspecified atom stereocenters. The highest BCUT2D eigenvalue weighted by Gasteiger charge is 2.69. The Labute approximate surface area is 167 Å². The molecule has 0 saturated carbocycles. The molecule has 7 heteroatoms. The molecule has 2 bridgehead atoms. The van der Waals surface area contributed by atoms with Crippen LogP contribution in [0.25, 0.3) is 10.9 Å². The van der Waals surface area contributed by atoms with E-state index in [0.717, 1.165) is 27.6 Å². The van der Waals surface area contributed by atoms with Crippen molar-refractivity contribution in [2.24, 2.45) is 12.5 Å². The SMILES string of the molecule is COC(=O)C1(C(=O)OC)C2CN(Cc3ccoc3)C1c1cn(C)c3cccc2c13. The highest BCUT2D eigenvalue weighted by molar-refractivity contribution is 6.06. The first kappa shape index (κ1) is 18.0. The first-order valence-corrected chi connectivity index (χ1v) is 9.53. The molecule has 0 amide bonds. The second-order valence-corrected chi connectivity index (χ2v) is 7.81. The fraction of sp³-hybridized carbons (Fsp3) is 0.364. The van der Waals surface area contributed by atoms with E-state index in [1.165, 1.54) is 14.2 Å². The number of esters is 2. The van der Waals surface area contributed by atoms with Crippen molar-refractivity contribution in [2.75, 3.05) is 20.8 Å². The minimum absolute atomic E-state index is 0.363. The lowest BCUT2D eigenvalue weighted by molar-refractivity contribution is -0.173. The Morgan fingerprint density at radius 2 is 1.93 bits per heavy atom. The quantitative estimate of drug-likeness (QED) is 0.500. The van der Waals surface area contributed by atoms with Gasteiger partial charge < -0.3 is 18.5 Å². The summed E-state index contributed by atoms with van der Waals surface area (Å²) in [5, 5.41) is 1.11. The summed E-state index contributed by atoms with van der Waals surface area (Å²) in [6.45, 7) is 1.09. The van der Waals surface area contributed by atoms with Gasteiger partial charge in [0.15, 0.2) is 5.41 Å². The van der Waals surface area contributed by atoms with Crippen LogP contribution in [0, 0.1) is 5.41 Å². The van der Waals surface area contributed by atoms with Gasteiger partial charge in [0.2, 0.25) is 0 Å². The molecule has 2 aliphatic rings. The van der Waals surface area contributed by atoms with Gasteiger partial charge in [-0.25, -0.2) is 0 Å². The lowest BCUT2D eigenvalue weighted by atomic mass is 9.64. The number of ether oxygens (including phenoxy) is 2. The van der Waals surface area contributed by atoms with Crippen molar-refractivity contribution in [1.29, 1.82) is 0 Å². The van der Waals surface area contributed by atoms with Crippen LogP contribution in [-0.4, -0.2) is 42.2 Å². The number of carbonyl (C=O) groups is 2. The molecule has 2 atom stereocenters. The number of aromatic nitrogens is 1. The van der Waals surface area contributed by atoms with Gasteiger partial charge in [-0.05, 0) is 23.3 Å². The normalized spacial score (nSPS) is 22.0. The van der Waals surface area contributed by atoms with Crippen molar-refractivity contribution in [3.63, 3.8) is 0 Å². The van der Waals surface area contributed by atoms with E-state index in [1.807, 2.05) is 36.0 Å². The Morgan fingerprint density at radius 3 is 2.59 bits per heavy atom. The third-order valence-corrected chi connectivity index (χ3v) is 6.52. The summed E-state index contributed by atoms with van der Waals surface area (Å²) in [5.41, 5.74) is 2.56. The van der Waals surface area contributed by atoms with Gasteiger partial charge in [0.25, 0.3) is 0 Å². The van der Waals surface area contributed by atoms with Gasteiger partial charge in [-0.3, -0.25) is 14.5 Å². The minimum Gasteiger partial charge on any atom is -0.472 e. The summed E-state index contributed by atoms with van der Waals surface area (Å²) in [7, 11) is 4.63. The molecule has 5 rings (SSSR count). The number of likely N-dealkylation sites (tertiary alicyclic amines) is 1. The van der Waals surface area contributed by atoms with Gasteiger partial charge in [-0.2, -0.15) is 0 Å². The molecule has 7 nitrogen and oxygen atoms in total. The highest BCUT2D eigenvalue weighted by Crippen LogP contribution is 2.62. The second kappa shape index (κ2) is 6.22. The molecule has 150 valence electrons. The summed E-state index contributed by atoms with van der Waals surface area (Å²) in [6, 6.07) is 7.45. The lowest BCUT2D eigenvalue weighted by Gasteiger charge is -2.39. The molecule has 1 aliphatic heterocycles. The molecule has 1 saturated heterocycles. The maximum absolute atomic E-state index is 13.3. The average molecular weight is 394 g/mol. The van der Waals surface area contributed by atoms with E-state index in [2.05, 4.69) is 11.0 Å². The number of carbonyl (C=O) groups excluding carboxylic acids is 2. The van der Waals surface area contributed by atoms with Gasteiger partial charge in [0, 0.05) is 48.7 Å². The lowest BCUT2D eigenvalue weighted by Crippen LogP contribution is -2.50. The molecule has 3 heterocycles. The first-order valence-electron chi connectivity index (χ1n) is 9.53. The Balaban J connectivity index is 1.79. The van der Waals surface area contributed by atoms with Crippen molar-refractivity contribution >= 4 is 22.8 Å². The largest absolute Gasteiger partial charge is 0.472 e. The average Bonchev–Trinajstić information content (AvgIpc) is 3.42. The second-order valence-electron chi connectivity index (χ2n) is 7.81. The van der Waals surface area contributed by atoms with E-state index in [-0.39, 0.29) is 5.92 Å². The van der Waals surface area contributed by atoms with Gasteiger partial charge >= 0.3 is 11.9 Å². The number of furan rings is 1. The fourth-order valence-electron chi connectivity index (χ4n) is 5.46. The zero-order valence-electron chi connectivity index (χ0n) is 16.5. The van der Waals surface area contributed by atoms with Crippen LogP contribution in [0.4, 0.5) is 0 Å². The Morgan fingerprint density at radius 1 is 1.17 bits per heavy atom. The van der Waals surface area contributed by atoms with Crippen LogP contribution >= 0.6 is 0 Å². The number of methoxy groups -OCH3 is 2. The summed E-state index contributed by atoms with van der Waals surface area (Å²) in [5.74, 6) is -1.47. The van der Waals surface area contributed by atoms with Crippen LogP contribution < -0.4 is 0 Å². The maximum atomic E-state index is 13.3. The van der Waals surface area contributed by atoms with E-state index < -0.39 is 23.4 Å². The van der Waals surface area contributed by atoms with Gasteiger partial charge in [-0.1, -0.05) is 12.1 Å². The van der Waals surface area contributed by atoms with Crippen molar-refractivity contribution < 1.29 is 23.5 Å². The third kappa shape index (κ3) is 2.16. The predicted octanol–water partition coefficient (Wildman–Crippen LogP) is 2.76. The molecule has 1 aromatic carbocycles. The van der Waals surface area contributed by atoms with Crippen LogP contribution in [0.15, 0.2) is 47.4 Å². The number of hydrogen-bond donors (Lipinski definition) is 0.